The Labute approximate surface area is 109 Å². The molecule has 0 amide bonds. The van der Waals surface area contributed by atoms with E-state index in [1.54, 1.807) is 0 Å². The van der Waals surface area contributed by atoms with Gasteiger partial charge in [-0.1, -0.05) is 34.1 Å². The fraction of sp³-hybridized carbons (Fsp3) is 1.00. The fourth-order valence-electron chi connectivity index (χ4n) is 2.08. The summed E-state index contributed by atoms with van der Waals surface area (Å²) in [6.07, 6.45) is 6.35. The molecule has 0 aromatic heterocycles. The van der Waals surface area contributed by atoms with E-state index < -0.39 is 0 Å². The molecular weight excluding hydrogens is 208 g/mol. The number of hydrogen-bond donors (Lipinski definition) is 1. The highest BCUT2D eigenvalue weighted by Crippen LogP contribution is 2.08. The Morgan fingerprint density at radius 2 is 1.71 bits per heavy atom. The molecule has 0 bridgehead atoms. The van der Waals surface area contributed by atoms with Crippen molar-refractivity contribution in [3.63, 3.8) is 0 Å². The predicted octanol–water partition coefficient (Wildman–Crippen LogP) is 3.67. The first-order valence-electron chi connectivity index (χ1n) is 7.66. The smallest absolute Gasteiger partial charge is 0.0192 e. The zero-order chi connectivity index (χ0) is 13.1. The van der Waals surface area contributed by atoms with Crippen LogP contribution in [0.3, 0.4) is 0 Å². The summed E-state index contributed by atoms with van der Waals surface area (Å²) in [5.41, 5.74) is 0. The average Bonchev–Trinajstić information content (AvgIpc) is 2.37. The number of nitrogens with one attached hydrogen (secondary N) is 1. The lowest BCUT2D eigenvalue weighted by Crippen LogP contribution is -2.44. The highest BCUT2D eigenvalue weighted by Gasteiger charge is 2.15. The van der Waals surface area contributed by atoms with Crippen molar-refractivity contribution in [2.24, 2.45) is 0 Å². The van der Waals surface area contributed by atoms with Crippen LogP contribution in [0, 0.1) is 0 Å². The molecule has 0 aliphatic carbocycles. The van der Waals surface area contributed by atoms with Crippen molar-refractivity contribution in [1.82, 2.24) is 10.2 Å². The Morgan fingerprint density at radius 1 is 1.00 bits per heavy atom. The number of nitrogens with zero attached hydrogens (tertiary/aromatic N) is 1. The third-order valence-corrected chi connectivity index (χ3v) is 3.64. The van der Waals surface area contributed by atoms with Gasteiger partial charge in [-0.3, -0.25) is 4.90 Å². The van der Waals surface area contributed by atoms with Crippen LogP contribution in [0.4, 0.5) is 0 Å². The van der Waals surface area contributed by atoms with E-state index in [0.29, 0.717) is 6.04 Å². The lowest BCUT2D eigenvalue weighted by atomic mass is 10.1. The van der Waals surface area contributed by atoms with E-state index in [1.807, 2.05) is 0 Å². The Morgan fingerprint density at radius 3 is 2.18 bits per heavy atom. The summed E-state index contributed by atoms with van der Waals surface area (Å²) in [6.45, 7) is 15.1. The summed E-state index contributed by atoms with van der Waals surface area (Å²) in [5, 5.41) is 3.66. The quantitative estimate of drug-likeness (QED) is 0.595. The van der Waals surface area contributed by atoms with Crippen LogP contribution in [0.15, 0.2) is 0 Å². The Bertz CT molecular complexity index is 159. The molecule has 0 fully saturated rings. The minimum absolute atomic E-state index is 0.667. The minimum atomic E-state index is 0.667. The van der Waals surface area contributed by atoms with E-state index in [0.717, 1.165) is 12.6 Å². The third-order valence-electron chi connectivity index (χ3n) is 3.64. The highest BCUT2D eigenvalue weighted by molar-refractivity contribution is 4.74. The van der Waals surface area contributed by atoms with Crippen LogP contribution >= 0.6 is 0 Å². The molecule has 2 heteroatoms. The van der Waals surface area contributed by atoms with Crippen LogP contribution in [0.5, 0.6) is 0 Å². The molecule has 0 radical (unpaired) electrons. The largest absolute Gasteiger partial charge is 0.313 e. The second kappa shape index (κ2) is 11.0. The molecule has 0 spiro atoms. The molecular formula is C15H34N2. The fourth-order valence-corrected chi connectivity index (χ4v) is 2.08. The van der Waals surface area contributed by atoms with Gasteiger partial charge in [0.15, 0.2) is 0 Å². The lowest BCUT2D eigenvalue weighted by molar-refractivity contribution is 0.177. The number of rotatable bonds is 11. The molecule has 17 heavy (non-hydrogen) atoms. The van der Waals surface area contributed by atoms with Crippen LogP contribution in [-0.4, -0.2) is 36.6 Å². The molecule has 0 aromatic rings. The van der Waals surface area contributed by atoms with Gasteiger partial charge >= 0.3 is 0 Å². The second-order valence-electron chi connectivity index (χ2n) is 5.17. The normalized spacial score (nSPS) is 15.2. The van der Waals surface area contributed by atoms with Crippen molar-refractivity contribution in [2.45, 2.75) is 78.8 Å². The van der Waals surface area contributed by atoms with Gasteiger partial charge < -0.3 is 5.32 Å². The van der Waals surface area contributed by atoms with Crippen molar-refractivity contribution in [3.05, 3.63) is 0 Å². The van der Waals surface area contributed by atoms with Crippen molar-refractivity contribution in [1.29, 1.82) is 0 Å². The zero-order valence-electron chi connectivity index (χ0n) is 12.8. The first-order chi connectivity index (χ1) is 8.19. The van der Waals surface area contributed by atoms with Crippen LogP contribution in [0.2, 0.25) is 0 Å². The topological polar surface area (TPSA) is 15.3 Å². The van der Waals surface area contributed by atoms with E-state index in [-0.39, 0.29) is 0 Å². The predicted molar refractivity (Wildman–Crippen MR) is 78.6 cm³/mol. The molecule has 0 aliphatic rings. The molecule has 1 N–H and O–H groups in total. The minimum Gasteiger partial charge on any atom is -0.313 e. The summed E-state index contributed by atoms with van der Waals surface area (Å²) >= 11 is 0. The summed E-state index contributed by atoms with van der Waals surface area (Å²) in [6, 6.07) is 1.39. The third kappa shape index (κ3) is 7.77. The Balaban J connectivity index is 4.16. The van der Waals surface area contributed by atoms with E-state index in [4.69, 9.17) is 0 Å². The van der Waals surface area contributed by atoms with Gasteiger partial charge in [-0.25, -0.2) is 0 Å². The maximum atomic E-state index is 3.66. The van der Waals surface area contributed by atoms with E-state index in [1.165, 1.54) is 45.2 Å². The molecule has 2 nitrogen and oxygen atoms in total. The molecule has 2 atom stereocenters. The second-order valence-corrected chi connectivity index (χ2v) is 5.17. The highest BCUT2D eigenvalue weighted by atomic mass is 15.2. The maximum Gasteiger partial charge on any atom is 0.0192 e. The average molecular weight is 242 g/mol. The van der Waals surface area contributed by atoms with Crippen LogP contribution in [0.1, 0.15) is 66.7 Å². The molecule has 0 saturated heterocycles. The van der Waals surface area contributed by atoms with Crippen LogP contribution in [0.25, 0.3) is 0 Å². The van der Waals surface area contributed by atoms with Crippen molar-refractivity contribution >= 4 is 0 Å². The monoisotopic (exact) mass is 242 g/mol. The molecule has 2 unspecified atom stereocenters. The molecule has 0 aromatic carbocycles. The maximum absolute atomic E-state index is 3.66. The number of unbranched alkanes of at least 4 members (excludes halogenated alkanes) is 1. The summed E-state index contributed by atoms with van der Waals surface area (Å²) in [7, 11) is 0. The van der Waals surface area contributed by atoms with Gasteiger partial charge in [-0.2, -0.15) is 0 Å². The van der Waals surface area contributed by atoms with Gasteiger partial charge in [-0.05, 0) is 45.7 Å². The standard InChI is InChI=1S/C15H34N2/c1-6-10-12-17(14(5)8-3)13-15(9-4)16-11-7-2/h14-16H,6-13H2,1-5H3. The van der Waals surface area contributed by atoms with Gasteiger partial charge in [0.2, 0.25) is 0 Å². The lowest BCUT2D eigenvalue weighted by Gasteiger charge is -2.32. The summed E-state index contributed by atoms with van der Waals surface area (Å²) in [4.78, 5) is 2.67. The summed E-state index contributed by atoms with van der Waals surface area (Å²) in [5.74, 6) is 0. The van der Waals surface area contributed by atoms with Gasteiger partial charge in [0, 0.05) is 18.6 Å². The SMILES string of the molecule is CCCCN(CC(CC)NCCC)C(C)CC. The molecule has 0 heterocycles. The van der Waals surface area contributed by atoms with Gasteiger partial charge in [-0.15, -0.1) is 0 Å². The van der Waals surface area contributed by atoms with E-state index in [9.17, 15) is 0 Å². The molecule has 0 saturated carbocycles. The first-order valence-corrected chi connectivity index (χ1v) is 7.66. The summed E-state index contributed by atoms with van der Waals surface area (Å²) < 4.78 is 0. The molecule has 0 aliphatic heterocycles. The van der Waals surface area contributed by atoms with Crippen LogP contribution in [-0.2, 0) is 0 Å². The van der Waals surface area contributed by atoms with Crippen molar-refractivity contribution in [3.8, 4) is 0 Å². The van der Waals surface area contributed by atoms with Crippen molar-refractivity contribution < 1.29 is 0 Å². The Kier molecular flexibility index (Phi) is 11.0. The van der Waals surface area contributed by atoms with Crippen molar-refractivity contribution in [2.75, 3.05) is 19.6 Å². The van der Waals surface area contributed by atoms with E-state index in [2.05, 4.69) is 44.8 Å². The van der Waals surface area contributed by atoms with Crippen LogP contribution < -0.4 is 5.32 Å². The first kappa shape index (κ1) is 16.9. The Hall–Kier alpha value is -0.0800. The molecule has 104 valence electrons. The van der Waals surface area contributed by atoms with Gasteiger partial charge in [0.05, 0.1) is 0 Å². The molecule has 0 rings (SSSR count). The van der Waals surface area contributed by atoms with Gasteiger partial charge in [0.1, 0.15) is 0 Å². The van der Waals surface area contributed by atoms with E-state index >= 15 is 0 Å². The number of hydrogen-bond acceptors (Lipinski definition) is 2. The van der Waals surface area contributed by atoms with Gasteiger partial charge in [0.25, 0.3) is 0 Å². The zero-order valence-corrected chi connectivity index (χ0v) is 12.8.